The number of pyridine rings is 1. The van der Waals surface area contributed by atoms with E-state index in [4.69, 9.17) is 4.74 Å². The Labute approximate surface area is 164 Å². The maximum absolute atomic E-state index is 12.4. The Balaban J connectivity index is 1.30. The molecule has 7 heteroatoms. The topological polar surface area (TPSA) is 73.1 Å². The first kappa shape index (κ1) is 18.2. The van der Waals surface area contributed by atoms with Crippen LogP contribution < -0.4 is 4.74 Å². The van der Waals surface area contributed by atoms with Gasteiger partial charge in [0.1, 0.15) is 11.4 Å². The summed E-state index contributed by atoms with van der Waals surface area (Å²) < 4.78 is 7.54. The Morgan fingerprint density at radius 3 is 2.75 bits per heavy atom. The number of likely N-dealkylation sites (tertiary alicyclic amines) is 1. The molecule has 0 spiro atoms. The first-order valence-electron chi connectivity index (χ1n) is 9.49. The van der Waals surface area contributed by atoms with Gasteiger partial charge in [0, 0.05) is 19.3 Å². The van der Waals surface area contributed by atoms with Crippen molar-refractivity contribution in [3.63, 3.8) is 0 Å². The number of rotatable bonds is 5. The number of benzene rings is 1. The number of nitrogens with zero attached hydrogens (tertiary/aromatic N) is 5. The summed E-state index contributed by atoms with van der Waals surface area (Å²) in [7, 11) is 0. The monoisotopic (exact) mass is 377 g/mol. The Hall–Kier alpha value is -3.22. The predicted octanol–water partition coefficient (Wildman–Crippen LogP) is 2.89. The summed E-state index contributed by atoms with van der Waals surface area (Å²) in [6.07, 6.45) is 5.38. The van der Waals surface area contributed by atoms with Gasteiger partial charge in [0.15, 0.2) is 6.61 Å². The fourth-order valence-electron chi connectivity index (χ4n) is 3.41. The van der Waals surface area contributed by atoms with Gasteiger partial charge in [0.05, 0.1) is 17.9 Å². The lowest BCUT2D eigenvalue weighted by Crippen LogP contribution is -2.41. The SMILES string of the molecule is Cc1cccc(OCC(=O)N2CCC(n3cc(-c4ccccn4)nn3)CC2)c1. The molecule has 1 saturated heterocycles. The Morgan fingerprint density at radius 1 is 1.14 bits per heavy atom. The molecule has 0 unspecified atom stereocenters. The van der Waals surface area contributed by atoms with Gasteiger partial charge in [-0.3, -0.25) is 9.78 Å². The maximum Gasteiger partial charge on any atom is 0.260 e. The van der Waals surface area contributed by atoms with Gasteiger partial charge < -0.3 is 9.64 Å². The summed E-state index contributed by atoms with van der Waals surface area (Å²) in [6.45, 7) is 3.46. The van der Waals surface area contributed by atoms with Gasteiger partial charge in [0.2, 0.25) is 0 Å². The molecule has 1 aromatic carbocycles. The minimum absolute atomic E-state index is 0.0210. The molecular weight excluding hydrogens is 354 g/mol. The molecule has 1 aliphatic heterocycles. The van der Waals surface area contributed by atoms with Gasteiger partial charge in [0.25, 0.3) is 5.91 Å². The highest BCUT2D eigenvalue weighted by Gasteiger charge is 2.25. The second-order valence-electron chi connectivity index (χ2n) is 7.02. The van der Waals surface area contributed by atoms with Crippen molar-refractivity contribution in [2.45, 2.75) is 25.8 Å². The van der Waals surface area contributed by atoms with Gasteiger partial charge in [-0.25, -0.2) is 4.68 Å². The molecule has 0 atom stereocenters. The van der Waals surface area contributed by atoms with E-state index in [0.29, 0.717) is 13.1 Å². The predicted molar refractivity (Wildman–Crippen MR) is 105 cm³/mol. The highest BCUT2D eigenvalue weighted by atomic mass is 16.5. The van der Waals surface area contributed by atoms with Crippen LogP contribution in [0.5, 0.6) is 5.75 Å². The standard InChI is InChI=1S/C21H23N5O2/c1-16-5-4-6-18(13-16)28-15-21(27)25-11-8-17(9-12-25)26-14-20(23-24-26)19-7-2-3-10-22-19/h2-7,10,13-14,17H,8-9,11-12,15H2,1H3. The Kier molecular flexibility index (Phi) is 5.32. The molecule has 0 aliphatic carbocycles. The molecule has 28 heavy (non-hydrogen) atoms. The van der Waals surface area contributed by atoms with E-state index in [2.05, 4.69) is 15.3 Å². The molecule has 144 valence electrons. The van der Waals surface area contributed by atoms with E-state index < -0.39 is 0 Å². The van der Waals surface area contributed by atoms with Gasteiger partial charge in [-0.2, -0.15) is 0 Å². The third-order valence-corrected chi connectivity index (χ3v) is 4.98. The van der Waals surface area contributed by atoms with Crippen molar-refractivity contribution in [1.82, 2.24) is 24.9 Å². The van der Waals surface area contributed by atoms with E-state index in [0.717, 1.165) is 35.5 Å². The van der Waals surface area contributed by atoms with Crippen LogP contribution in [0.2, 0.25) is 0 Å². The maximum atomic E-state index is 12.4. The van der Waals surface area contributed by atoms with E-state index in [-0.39, 0.29) is 18.6 Å². The van der Waals surface area contributed by atoms with Crippen molar-refractivity contribution in [3.05, 3.63) is 60.4 Å². The number of hydrogen-bond donors (Lipinski definition) is 0. The molecule has 0 bridgehead atoms. The second kappa shape index (κ2) is 8.21. The molecule has 4 rings (SSSR count). The fraction of sp³-hybridized carbons (Fsp3) is 0.333. The van der Waals surface area contributed by atoms with Gasteiger partial charge in [-0.15, -0.1) is 5.10 Å². The largest absolute Gasteiger partial charge is 0.484 e. The van der Waals surface area contributed by atoms with Gasteiger partial charge in [-0.05, 0) is 49.6 Å². The van der Waals surface area contributed by atoms with Crippen LogP contribution in [0, 0.1) is 6.92 Å². The van der Waals surface area contributed by atoms with Gasteiger partial charge >= 0.3 is 0 Å². The quantitative estimate of drug-likeness (QED) is 0.684. The van der Waals surface area contributed by atoms with Crippen molar-refractivity contribution in [3.8, 4) is 17.1 Å². The molecule has 0 radical (unpaired) electrons. The third kappa shape index (κ3) is 4.19. The van der Waals surface area contributed by atoms with Crippen molar-refractivity contribution in [2.24, 2.45) is 0 Å². The number of carbonyl (C=O) groups excluding carboxylic acids is 1. The number of ether oxygens (including phenoxy) is 1. The van der Waals surface area contributed by atoms with Crippen LogP contribution in [0.3, 0.4) is 0 Å². The summed E-state index contributed by atoms with van der Waals surface area (Å²) in [5.41, 5.74) is 2.70. The third-order valence-electron chi connectivity index (χ3n) is 4.98. The number of hydrogen-bond acceptors (Lipinski definition) is 5. The summed E-state index contributed by atoms with van der Waals surface area (Å²) >= 11 is 0. The molecule has 1 aliphatic rings. The zero-order valence-corrected chi connectivity index (χ0v) is 15.9. The number of amides is 1. The summed E-state index contributed by atoms with van der Waals surface area (Å²) in [4.78, 5) is 18.6. The second-order valence-corrected chi connectivity index (χ2v) is 7.02. The molecule has 0 N–H and O–H groups in total. The number of piperidine rings is 1. The van der Waals surface area contributed by atoms with Crippen LogP contribution >= 0.6 is 0 Å². The molecule has 3 heterocycles. The smallest absolute Gasteiger partial charge is 0.260 e. The molecule has 2 aromatic heterocycles. The molecule has 1 fully saturated rings. The first-order chi connectivity index (χ1) is 13.7. The van der Waals surface area contributed by atoms with Crippen LogP contribution in [-0.4, -0.2) is 50.5 Å². The van der Waals surface area contributed by atoms with Gasteiger partial charge in [-0.1, -0.05) is 23.4 Å². The van der Waals surface area contributed by atoms with Crippen molar-refractivity contribution >= 4 is 5.91 Å². The van der Waals surface area contributed by atoms with Crippen LogP contribution in [-0.2, 0) is 4.79 Å². The normalized spacial score (nSPS) is 14.8. The highest BCUT2D eigenvalue weighted by molar-refractivity contribution is 5.77. The summed E-state index contributed by atoms with van der Waals surface area (Å²) in [5.74, 6) is 0.751. The zero-order valence-electron chi connectivity index (χ0n) is 15.9. The Bertz CT molecular complexity index is 933. The first-order valence-corrected chi connectivity index (χ1v) is 9.49. The summed E-state index contributed by atoms with van der Waals surface area (Å²) in [6, 6.07) is 13.7. The highest BCUT2D eigenvalue weighted by Crippen LogP contribution is 2.23. The summed E-state index contributed by atoms with van der Waals surface area (Å²) in [5, 5.41) is 8.50. The van der Waals surface area contributed by atoms with Crippen LogP contribution in [0.15, 0.2) is 54.9 Å². The lowest BCUT2D eigenvalue weighted by molar-refractivity contribution is -0.134. The lowest BCUT2D eigenvalue weighted by Gasteiger charge is -2.31. The van der Waals surface area contributed by atoms with Crippen molar-refractivity contribution in [1.29, 1.82) is 0 Å². The van der Waals surface area contributed by atoms with E-state index in [1.807, 2.05) is 65.2 Å². The average molecular weight is 377 g/mol. The number of aromatic nitrogens is 4. The molecule has 1 amide bonds. The Morgan fingerprint density at radius 2 is 2.00 bits per heavy atom. The zero-order chi connectivity index (χ0) is 19.3. The van der Waals surface area contributed by atoms with E-state index >= 15 is 0 Å². The van der Waals surface area contributed by atoms with Crippen molar-refractivity contribution < 1.29 is 9.53 Å². The fourth-order valence-corrected chi connectivity index (χ4v) is 3.41. The number of carbonyl (C=O) groups is 1. The van der Waals surface area contributed by atoms with Crippen molar-refractivity contribution in [2.75, 3.05) is 19.7 Å². The minimum atomic E-state index is 0.0210. The van der Waals surface area contributed by atoms with E-state index in [9.17, 15) is 4.79 Å². The molecule has 3 aromatic rings. The van der Waals surface area contributed by atoms with E-state index in [1.165, 1.54) is 0 Å². The lowest BCUT2D eigenvalue weighted by atomic mass is 10.1. The average Bonchev–Trinajstić information content (AvgIpc) is 3.23. The molecule has 7 nitrogen and oxygen atoms in total. The van der Waals surface area contributed by atoms with Crippen LogP contribution in [0.25, 0.3) is 11.4 Å². The molecule has 0 saturated carbocycles. The van der Waals surface area contributed by atoms with Crippen LogP contribution in [0.1, 0.15) is 24.4 Å². The van der Waals surface area contributed by atoms with E-state index in [1.54, 1.807) is 6.20 Å². The number of aryl methyl sites for hydroxylation is 1. The van der Waals surface area contributed by atoms with Crippen LogP contribution in [0.4, 0.5) is 0 Å². The molecular formula is C21H23N5O2. The minimum Gasteiger partial charge on any atom is -0.484 e.